The Labute approximate surface area is 125 Å². The Hall–Kier alpha value is -1.36. The van der Waals surface area contributed by atoms with E-state index in [-0.39, 0.29) is 5.41 Å². The van der Waals surface area contributed by atoms with Gasteiger partial charge in [0.15, 0.2) is 5.79 Å². The second-order valence-corrected chi connectivity index (χ2v) is 6.51. The van der Waals surface area contributed by atoms with Gasteiger partial charge < -0.3 is 19.3 Å². The van der Waals surface area contributed by atoms with E-state index in [1.807, 2.05) is 30.3 Å². The molecule has 0 amide bonds. The molecule has 0 aliphatic carbocycles. The molecule has 3 rings (SSSR count). The van der Waals surface area contributed by atoms with E-state index in [2.05, 4.69) is 13.8 Å². The van der Waals surface area contributed by atoms with E-state index in [9.17, 15) is 5.11 Å². The molecule has 0 saturated carbocycles. The largest absolute Gasteiger partial charge is 0.495 e. The molecule has 1 N–H and O–H groups in total. The molecule has 2 aliphatic heterocycles. The number of aliphatic hydroxyl groups excluding tert-OH is 1. The fourth-order valence-corrected chi connectivity index (χ4v) is 2.55. The second-order valence-electron chi connectivity index (χ2n) is 6.51. The first kappa shape index (κ1) is 14.6. The van der Waals surface area contributed by atoms with Crippen molar-refractivity contribution in [2.45, 2.75) is 32.2 Å². The lowest BCUT2D eigenvalue weighted by Crippen LogP contribution is -2.48. The Balaban J connectivity index is 1.80. The number of ether oxygens (including phenoxy) is 3. The van der Waals surface area contributed by atoms with Gasteiger partial charge in [0.05, 0.1) is 19.8 Å². The highest BCUT2D eigenvalue weighted by molar-refractivity contribution is 5.25. The Morgan fingerprint density at radius 2 is 1.76 bits per heavy atom. The van der Waals surface area contributed by atoms with Gasteiger partial charge in [-0.05, 0) is 5.56 Å². The topological polar surface area (TPSA) is 47.9 Å². The van der Waals surface area contributed by atoms with Crippen molar-refractivity contribution < 1.29 is 19.3 Å². The first-order valence-electron chi connectivity index (χ1n) is 7.36. The van der Waals surface area contributed by atoms with Gasteiger partial charge in [-0.15, -0.1) is 0 Å². The highest BCUT2D eigenvalue weighted by Crippen LogP contribution is 2.38. The normalized spacial score (nSPS) is 25.0. The predicted octanol–water partition coefficient (Wildman–Crippen LogP) is 2.79. The van der Waals surface area contributed by atoms with Crippen LogP contribution in [0.5, 0.6) is 0 Å². The average molecular weight is 290 g/mol. The monoisotopic (exact) mass is 290 g/mol. The fourth-order valence-electron chi connectivity index (χ4n) is 2.55. The molecule has 0 bridgehead atoms. The van der Waals surface area contributed by atoms with Gasteiger partial charge in [0.25, 0.3) is 0 Å². The number of benzene rings is 1. The summed E-state index contributed by atoms with van der Waals surface area (Å²) in [7, 11) is 0. The molecule has 4 heteroatoms. The Morgan fingerprint density at radius 1 is 1.10 bits per heavy atom. The highest BCUT2D eigenvalue weighted by Gasteiger charge is 2.42. The van der Waals surface area contributed by atoms with Gasteiger partial charge in [-0.25, -0.2) is 0 Å². The van der Waals surface area contributed by atoms with Crippen molar-refractivity contribution in [3.8, 4) is 0 Å². The Morgan fingerprint density at radius 3 is 2.43 bits per heavy atom. The van der Waals surface area contributed by atoms with Crippen molar-refractivity contribution in [3.05, 3.63) is 47.7 Å². The van der Waals surface area contributed by atoms with Gasteiger partial charge >= 0.3 is 0 Å². The average Bonchev–Trinajstić information content (AvgIpc) is 2.51. The lowest BCUT2D eigenvalue weighted by atomic mass is 9.93. The van der Waals surface area contributed by atoms with Crippen LogP contribution in [0, 0.1) is 5.41 Å². The van der Waals surface area contributed by atoms with E-state index in [4.69, 9.17) is 14.2 Å². The van der Waals surface area contributed by atoms with E-state index in [1.54, 1.807) is 6.08 Å². The molecule has 0 radical (unpaired) electrons. The van der Waals surface area contributed by atoms with Crippen LogP contribution >= 0.6 is 0 Å². The third-order valence-corrected chi connectivity index (χ3v) is 3.88. The van der Waals surface area contributed by atoms with Gasteiger partial charge in [-0.1, -0.05) is 44.2 Å². The van der Waals surface area contributed by atoms with Gasteiger partial charge in [0.2, 0.25) is 0 Å². The van der Waals surface area contributed by atoms with Crippen LogP contribution in [0.3, 0.4) is 0 Å². The van der Waals surface area contributed by atoms with Crippen molar-refractivity contribution in [2.75, 3.05) is 19.8 Å². The van der Waals surface area contributed by atoms with Crippen molar-refractivity contribution in [2.24, 2.45) is 5.41 Å². The summed E-state index contributed by atoms with van der Waals surface area (Å²) in [6.07, 6.45) is 1.66. The van der Waals surface area contributed by atoms with Crippen LogP contribution < -0.4 is 0 Å². The number of hydrogen-bond donors (Lipinski definition) is 1. The minimum atomic E-state index is -0.787. The van der Waals surface area contributed by atoms with Crippen LogP contribution in [0.1, 0.15) is 31.9 Å². The molecule has 21 heavy (non-hydrogen) atoms. The number of hydrogen-bond acceptors (Lipinski definition) is 4. The molecule has 4 nitrogen and oxygen atoms in total. The molecule has 114 valence electrons. The maximum absolute atomic E-state index is 10.5. The molecule has 1 aromatic rings. The number of rotatable bonds is 2. The molecular weight excluding hydrogens is 268 g/mol. The third-order valence-electron chi connectivity index (χ3n) is 3.88. The van der Waals surface area contributed by atoms with E-state index in [0.717, 1.165) is 5.56 Å². The molecule has 0 unspecified atom stereocenters. The van der Waals surface area contributed by atoms with Crippen LogP contribution in [0.4, 0.5) is 0 Å². The summed E-state index contributed by atoms with van der Waals surface area (Å²) in [5.74, 6) is -0.245. The Bertz CT molecular complexity index is 511. The zero-order valence-corrected chi connectivity index (χ0v) is 12.5. The fraction of sp³-hybridized carbons (Fsp3) is 0.529. The van der Waals surface area contributed by atoms with Crippen LogP contribution in [-0.4, -0.2) is 30.7 Å². The predicted molar refractivity (Wildman–Crippen MR) is 78.5 cm³/mol. The lowest BCUT2D eigenvalue weighted by Gasteiger charge is -2.44. The van der Waals surface area contributed by atoms with Crippen LogP contribution in [0.15, 0.2) is 42.2 Å². The molecule has 0 aromatic heterocycles. The van der Waals surface area contributed by atoms with Crippen molar-refractivity contribution >= 4 is 0 Å². The summed E-state index contributed by atoms with van der Waals surface area (Å²) in [5.41, 5.74) is 0.826. The summed E-state index contributed by atoms with van der Waals surface area (Å²) in [6.45, 7) is 5.98. The SMILES string of the molecule is CC1(C)COC2(C=C([C@H](O)c3ccccc3)OCC2)OC1. The smallest absolute Gasteiger partial charge is 0.194 e. The van der Waals surface area contributed by atoms with E-state index < -0.39 is 11.9 Å². The molecule has 1 saturated heterocycles. The van der Waals surface area contributed by atoms with E-state index >= 15 is 0 Å². The molecule has 1 fully saturated rings. The first-order chi connectivity index (χ1) is 10.00. The molecule has 1 spiro atoms. The number of aliphatic hydroxyl groups is 1. The molecule has 1 atom stereocenters. The minimum Gasteiger partial charge on any atom is -0.495 e. The zero-order chi connectivity index (χ0) is 14.9. The summed E-state index contributed by atoms with van der Waals surface area (Å²) in [5, 5.41) is 10.5. The summed E-state index contributed by atoms with van der Waals surface area (Å²) < 4.78 is 17.5. The van der Waals surface area contributed by atoms with Crippen LogP contribution in [-0.2, 0) is 14.2 Å². The standard InChI is InChI=1S/C17H22O4/c1-16(2)11-20-17(21-12-16)8-9-19-14(10-17)15(18)13-6-4-3-5-7-13/h3-7,10,15,18H,8-9,11-12H2,1-2H3/t15-/m1/s1. The molecule has 1 aromatic carbocycles. The van der Waals surface area contributed by atoms with E-state index in [0.29, 0.717) is 32.0 Å². The highest BCUT2D eigenvalue weighted by atomic mass is 16.7. The third kappa shape index (κ3) is 3.12. The minimum absolute atomic E-state index is 0.0234. The maximum Gasteiger partial charge on any atom is 0.194 e. The first-order valence-corrected chi connectivity index (χ1v) is 7.36. The molecule has 2 heterocycles. The van der Waals surface area contributed by atoms with Gasteiger partial charge in [0, 0.05) is 17.9 Å². The van der Waals surface area contributed by atoms with Gasteiger partial charge in [0.1, 0.15) is 11.9 Å². The van der Waals surface area contributed by atoms with Crippen molar-refractivity contribution in [1.82, 2.24) is 0 Å². The van der Waals surface area contributed by atoms with Gasteiger partial charge in [-0.2, -0.15) is 0 Å². The molecular formula is C17H22O4. The van der Waals surface area contributed by atoms with Crippen molar-refractivity contribution in [1.29, 1.82) is 0 Å². The summed E-state index contributed by atoms with van der Waals surface area (Å²) in [6, 6.07) is 9.47. The van der Waals surface area contributed by atoms with Crippen LogP contribution in [0.25, 0.3) is 0 Å². The molecule has 2 aliphatic rings. The van der Waals surface area contributed by atoms with Gasteiger partial charge in [-0.3, -0.25) is 0 Å². The van der Waals surface area contributed by atoms with Crippen LogP contribution in [0.2, 0.25) is 0 Å². The zero-order valence-electron chi connectivity index (χ0n) is 12.5. The second kappa shape index (κ2) is 5.44. The van der Waals surface area contributed by atoms with E-state index in [1.165, 1.54) is 0 Å². The maximum atomic E-state index is 10.5. The quantitative estimate of drug-likeness (QED) is 0.910. The Kier molecular flexibility index (Phi) is 3.78. The summed E-state index contributed by atoms with van der Waals surface area (Å²) in [4.78, 5) is 0. The lowest BCUT2D eigenvalue weighted by molar-refractivity contribution is -0.283. The van der Waals surface area contributed by atoms with Crippen molar-refractivity contribution in [3.63, 3.8) is 0 Å². The summed E-state index contributed by atoms with van der Waals surface area (Å²) >= 11 is 0.